The van der Waals surface area contributed by atoms with Gasteiger partial charge in [-0.05, 0) is 48.3 Å². The fraction of sp³-hybridized carbons (Fsp3) is 0.571. The third-order valence-corrected chi connectivity index (χ3v) is 3.55. The number of benzene rings is 1. The molecule has 1 aromatic rings. The van der Waals surface area contributed by atoms with Gasteiger partial charge in [-0.25, -0.2) is 0 Å². The minimum absolute atomic E-state index is 0.251. The maximum Gasteiger partial charge on any atom is 0.0588 e. The van der Waals surface area contributed by atoms with Crippen molar-refractivity contribution in [1.82, 2.24) is 0 Å². The molecule has 15 heavy (non-hydrogen) atoms. The van der Waals surface area contributed by atoms with Gasteiger partial charge in [-0.3, -0.25) is 0 Å². The van der Waals surface area contributed by atoms with E-state index in [1.165, 1.54) is 29.5 Å². The number of aryl methyl sites for hydroxylation is 1. The molecule has 0 bridgehead atoms. The molecule has 0 heterocycles. The van der Waals surface area contributed by atoms with Crippen LogP contribution in [0, 0.1) is 5.92 Å². The van der Waals surface area contributed by atoms with Gasteiger partial charge >= 0.3 is 0 Å². The molecule has 0 aromatic heterocycles. The van der Waals surface area contributed by atoms with Crippen LogP contribution in [0.4, 0.5) is 0 Å². The predicted molar refractivity (Wildman–Crippen MR) is 66.5 cm³/mol. The van der Waals surface area contributed by atoms with Gasteiger partial charge in [0.2, 0.25) is 0 Å². The molecule has 1 atom stereocenters. The maximum atomic E-state index is 6.36. The summed E-state index contributed by atoms with van der Waals surface area (Å²) in [5.74, 6) is 0.723. The van der Waals surface area contributed by atoms with E-state index >= 15 is 0 Å². The molecule has 0 spiro atoms. The average Bonchev–Trinajstić information content (AvgIpc) is 2.18. The molecule has 1 aromatic carbocycles. The number of rotatable bonds is 2. The molecule has 2 rings (SSSR count). The SMILES string of the molecule is CC(C)Cc1ccc2c(c1)C(Cl)CCC2. The van der Waals surface area contributed by atoms with E-state index in [1.807, 2.05) is 0 Å². The molecular formula is C14H19Cl. The van der Waals surface area contributed by atoms with Crippen molar-refractivity contribution in [2.75, 3.05) is 0 Å². The monoisotopic (exact) mass is 222 g/mol. The highest BCUT2D eigenvalue weighted by molar-refractivity contribution is 6.21. The van der Waals surface area contributed by atoms with E-state index in [9.17, 15) is 0 Å². The maximum absolute atomic E-state index is 6.36. The van der Waals surface area contributed by atoms with Crippen molar-refractivity contribution < 1.29 is 0 Å². The Morgan fingerprint density at radius 2 is 2.20 bits per heavy atom. The third kappa shape index (κ3) is 2.55. The van der Waals surface area contributed by atoms with Crippen LogP contribution < -0.4 is 0 Å². The van der Waals surface area contributed by atoms with Gasteiger partial charge in [0, 0.05) is 0 Å². The van der Waals surface area contributed by atoms with Crippen LogP contribution in [0.3, 0.4) is 0 Å². The summed E-state index contributed by atoms with van der Waals surface area (Å²) in [7, 11) is 0. The minimum atomic E-state index is 0.251. The second-order valence-electron chi connectivity index (χ2n) is 4.99. The van der Waals surface area contributed by atoms with E-state index in [0.717, 1.165) is 18.8 Å². The summed E-state index contributed by atoms with van der Waals surface area (Å²) < 4.78 is 0. The Morgan fingerprint density at radius 3 is 2.93 bits per heavy atom. The molecule has 0 fully saturated rings. The van der Waals surface area contributed by atoms with Crippen molar-refractivity contribution in [3.63, 3.8) is 0 Å². The van der Waals surface area contributed by atoms with Crippen LogP contribution >= 0.6 is 11.6 Å². The Bertz CT molecular complexity index is 341. The standard InChI is InChI=1S/C14H19Cl/c1-10(2)8-11-6-7-12-4-3-5-14(15)13(12)9-11/h6-7,9-10,14H,3-5,8H2,1-2H3. The first-order valence-electron chi connectivity index (χ1n) is 5.92. The average molecular weight is 223 g/mol. The van der Waals surface area contributed by atoms with Crippen LogP contribution in [0.5, 0.6) is 0 Å². The van der Waals surface area contributed by atoms with Gasteiger partial charge in [-0.2, -0.15) is 0 Å². The topological polar surface area (TPSA) is 0 Å². The summed E-state index contributed by atoms with van der Waals surface area (Å²) in [6.45, 7) is 4.52. The molecule has 0 saturated carbocycles. The number of hydrogen-bond acceptors (Lipinski definition) is 0. The van der Waals surface area contributed by atoms with Gasteiger partial charge < -0.3 is 0 Å². The summed E-state index contributed by atoms with van der Waals surface area (Å²) >= 11 is 6.36. The van der Waals surface area contributed by atoms with Gasteiger partial charge in [0.05, 0.1) is 5.38 Å². The number of halogens is 1. The molecule has 82 valence electrons. The van der Waals surface area contributed by atoms with Crippen LogP contribution in [0.15, 0.2) is 18.2 Å². The van der Waals surface area contributed by atoms with Crippen molar-refractivity contribution in [2.45, 2.75) is 44.9 Å². The Kier molecular flexibility index (Phi) is 3.35. The molecule has 0 aliphatic heterocycles. The summed E-state index contributed by atoms with van der Waals surface area (Å²) in [6, 6.07) is 6.88. The Morgan fingerprint density at radius 1 is 1.40 bits per heavy atom. The number of hydrogen-bond donors (Lipinski definition) is 0. The molecule has 1 heteroatoms. The van der Waals surface area contributed by atoms with Crippen LogP contribution in [0.25, 0.3) is 0 Å². The summed E-state index contributed by atoms with van der Waals surface area (Å²) in [5, 5.41) is 0.251. The summed E-state index contributed by atoms with van der Waals surface area (Å²) in [4.78, 5) is 0. The van der Waals surface area contributed by atoms with Crippen LogP contribution in [0.2, 0.25) is 0 Å². The van der Waals surface area contributed by atoms with Crippen molar-refractivity contribution >= 4 is 11.6 Å². The molecule has 0 saturated heterocycles. The fourth-order valence-corrected chi connectivity index (χ4v) is 2.75. The first kappa shape index (κ1) is 11.0. The quantitative estimate of drug-likeness (QED) is 0.647. The van der Waals surface area contributed by atoms with E-state index in [-0.39, 0.29) is 5.38 Å². The van der Waals surface area contributed by atoms with Gasteiger partial charge in [-0.15, -0.1) is 11.6 Å². The highest BCUT2D eigenvalue weighted by Gasteiger charge is 2.18. The third-order valence-electron chi connectivity index (χ3n) is 3.10. The van der Waals surface area contributed by atoms with Gasteiger partial charge in [0.1, 0.15) is 0 Å². The molecular weight excluding hydrogens is 204 g/mol. The second-order valence-corrected chi connectivity index (χ2v) is 5.52. The largest absolute Gasteiger partial charge is 0.118 e. The van der Waals surface area contributed by atoms with Crippen LogP contribution in [-0.2, 0) is 12.8 Å². The Hall–Kier alpha value is -0.490. The zero-order chi connectivity index (χ0) is 10.8. The lowest BCUT2D eigenvalue weighted by Crippen LogP contribution is -2.06. The lowest BCUT2D eigenvalue weighted by molar-refractivity contribution is 0.638. The Balaban J connectivity index is 2.27. The first-order valence-corrected chi connectivity index (χ1v) is 6.36. The first-order chi connectivity index (χ1) is 7.16. The zero-order valence-corrected chi connectivity index (χ0v) is 10.3. The molecule has 0 nitrogen and oxygen atoms in total. The highest BCUT2D eigenvalue weighted by atomic mass is 35.5. The van der Waals surface area contributed by atoms with E-state index in [0.29, 0.717) is 0 Å². The summed E-state index contributed by atoms with van der Waals surface area (Å²) in [6.07, 6.45) is 4.75. The minimum Gasteiger partial charge on any atom is -0.118 e. The second kappa shape index (κ2) is 4.57. The molecule has 0 radical (unpaired) electrons. The van der Waals surface area contributed by atoms with E-state index < -0.39 is 0 Å². The van der Waals surface area contributed by atoms with E-state index in [2.05, 4.69) is 32.0 Å². The van der Waals surface area contributed by atoms with Crippen molar-refractivity contribution in [3.8, 4) is 0 Å². The normalized spacial score (nSPS) is 20.4. The van der Waals surface area contributed by atoms with E-state index in [1.54, 1.807) is 0 Å². The van der Waals surface area contributed by atoms with Gasteiger partial charge in [0.15, 0.2) is 0 Å². The number of fused-ring (bicyclic) bond motifs is 1. The van der Waals surface area contributed by atoms with Crippen molar-refractivity contribution in [1.29, 1.82) is 0 Å². The molecule has 0 amide bonds. The van der Waals surface area contributed by atoms with E-state index in [4.69, 9.17) is 11.6 Å². The smallest absolute Gasteiger partial charge is 0.0588 e. The van der Waals surface area contributed by atoms with Crippen LogP contribution in [-0.4, -0.2) is 0 Å². The highest BCUT2D eigenvalue weighted by Crippen LogP contribution is 2.35. The molecule has 1 unspecified atom stereocenters. The van der Waals surface area contributed by atoms with Gasteiger partial charge in [0.25, 0.3) is 0 Å². The lowest BCUT2D eigenvalue weighted by atomic mass is 9.88. The molecule has 0 N–H and O–H groups in total. The van der Waals surface area contributed by atoms with Gasteiger partial charge in [-0.1, -0.05) is 32.0 Å². The molecule has 1 aliphatic rings. The zero-order valence-electron chi connectivity index (χ0n) is 9.59. The summed E-state index contributed by atoms with van der Waals surface area (Å²) in [5.41, 5.74) is 4.30. The fourth-order valence-electron chi connectivity index (χ4n) is 2.39. The Labute approximate surface area is 97.6 Å². The van der Waals surface area contributed by atoms with Crippen molar-refractivity contribution in [2.24, 2.45) is 5.92 Å². The predicted octanol–water partition coefficient (Wildman–Crippen LogP) is 4.50. The van der Waals surface area contributed by atoms with Crippen LogP contribution in [0.1, 0.15) is 48.8 Å². The molecule has 1 aliphatic carbocycles. The number of alkyl halides is 1. The lowest BCUT2D eigenvalue weighted by Gasteiger charge is -2.21. The van der Waals surface area contributed by atoms with Crippen molar-refractivity contribution in [3.05, 3.63) is 34.9 Å².